The number of fused-ring (bicyclic) bond motifs is 1. The summed E-state index contributed by atoms with van der Waals surface area (Å²) in [6.45, 7) is 4.99. The molecule has 0 saturated heterocycles. The number of tetrazole rings is 1. The summed E-state index contributed by atoms with van der Waals surface area (Å²) in [5.41, 5.74) is 6.55. The van der Waals surface area contributed by atoms with Crippen molar-refractivity contribution in [2.45, 2.75) is 33.2 Å². The Morgan fingerprint density at radius 3 is 2.48 bits per heavy atom. The number of hydrogen-bond acceptors (Lipinski definition) is 5. The van der Waals surface area contributed by atoms with Crippen LogP contribution in [0.3, 0.4) is 0 Å². The van der Waals surface area contributed by atoms with Gasteiger partial charge in [-0.15, -0.1) is 5.10 Å². The largest absolute Gasteiger partial charge is 0.327 e. The van der Waals surface area contributed by atoms with Gasteiger partial charge in [-0.05, 0) is 52.1 Å². The third-order valence-corrected chi connectivity index (χ3v) is 5.46. The van der Waals surface area contributed by atoms with E-state index in [4.69, 9.17) is 9.97 Å². The first-order valence-corrected chi connectivity index (χ1v) is 10.5. The quantitative estimate of drug-likeness (QED) is 0.445. The van der Waals surface area contributed by atoms with Gasteiger partial charge in [-0.25, -0.2) is 15.1 Å². The van der Waals surface area contributed by atoms with Gasteiger partial charge in [-0.3, -0.25) is 0 Å². The number of nitrogens with one attached hydrogen (secondary N) is 1. The lowest BCUT2D eigenvalue weighted by Crippen LogP contribution is -2.06. The topological polar surface area (TPSA) is 85.2 Å². The van der Waals surface area contributed by atoms with Crippen molar-refractivity contribution in [1.82, 2.24) is 35.2 Å². The summed E-state index contributed by atoms with van der Waals surface area (Å²) in [6.07, 6.45) is 4.05. The van der Waals surface area contributed by atoms with E-state index in [0.29, 0.717) is 5.82 Å². The molecule has 1 aromatic heterocycles. The molecule has 0 atom stereocenters. The number of pyridine rings is 1. The van der Waals surface area contributed by atoms with Crippen molar-refractivity contribution in [3.8, 4) is 34.0 Å². The second-order valence-corrected chi connectivity index (χ2v) is 7.68. The molecule has 2 aliphatic heterocycles. The van der Waals surface area contributed by atoms with Crippen LogP contribution in [0, 0.1) is 6.92 Å². The second-order valence-electron chi connectivity index (χ2n) is 7.68. The van der Waals surface area contributed by atoms with Crippen LogP contribution >= 0.6 is 0 Å². The minimum absolute atomic E-state index is 0.662. The van der Waals surface area contributed by atoms with E-state index in [1.807, 2.05) is 18.2 Å². The molecule has 0 spiro atoms. The van der Waals surface area contributed by atoms with Gasteiger partial charge in [0.25, 0.3) is 0 Å². The van der Waals surface area contributed by atoms with Crippen LogP contribution in [0.5, 0.6) is 0 Å². The molecule has 0 saturated carbocycles. The molecule has 3 aromatic rings. The third kappa shape index (κ3) is 3.70. The van der Waals surface area contributed by atoms with E-state index in [0.717, 1.165) is 59.0 Å². The molecule has 0 radical (unpaired) electrons. The number of hydrogen-bond donors (Lipinski definition) is 1. The maximum absolute atomic E-state index is 4.79. The fourth-order valence-electron chi connectivity index (χ4n) is 3.86. The lowest BCUT2D eigenvalue weighted by Gasteiger charge is -2.13. The predicted octanol–water partition coefficient (Wildman–Crippen LogP) is 4.54. The Hall–Kier alpha value is -3.87. The molecule has 1 N–H and O–H groups in total. The van der Waals surface area contributed by atoms with Gasteiger partial charge in [0.15, 0.2) is 11.6 Å². The average molecular weight is 409 g/mol. The summed E-state index contributed by atoms with van der Waals surface area (Å²) in [7, 11) is 0. The van der Waals surface area contributed by atoms with Crippen molar-refractivity contribution < 1.29 is 0 Å². The van der Waals surface area contributed by atoms with E-state index in [-0.39, 0.29) is 0 Å². The summed E-state index contributed by atoms with van der Waals surface area (Å²) in [5.74, 6) is 2.54. The maximum atomic E-state index is 4.79. The first-order chi connectivity index (χ1) is 15.2. The van der Waals surface area contributed by atoms with Gasteiger partial charge in [0.1, 0.15) is 11.5 Å². The zero-order valence-corrected chi connectivity index (χ0v) is 17.6. The van der Waals surface area contributed by atoms with Crippen LogP contribution in [0.2, 0.25) is 0 Å². The van der Waals surface area contributed by atoms with Crippen LogP contribution < -0.4 is 0 Å². The van der Waals surface area contributed by atoms with E-state index in [1.165, 1.54) is 5.56 Å². The smallest absolute Gasteiger partial charge is 0.180 e. The molecule has 154 valence electrons. The van der Waals surface area contributed by atoms with Gasteiger partial charge in [0.2, 0.25) is 0 Å². The van der Waals surface area contributed by atoms with Crippen molar-refractivity contribution in [1.29, 1.82) is 0 Å². The summed E-state index contributed by atoms with van der Waals surface area (Å²) in [4.78, 5) is 9.54. The minimum Gasteiger partial charge on any atom is -0.327 e. The Morgan fingerprint density at radius 2 is 1.74 bits per heavy atom. The van der Waals surface area contributed by atoms with E-state index in [2.05, 4.69) is 81.6 Å². The Morgan fingerprint density at radius 1 is 0.935 bits per heavy atom. The van der Waals surface area contributed by atoms with Crippen LogP contribution in [0.25, 0.3) is 34.0 Å². The highest BCUT2D eigenvalue weighted by molar-refractivity contribution is 5.80. The minimum atomic E-state index is 0.662. The standard InChI is InChI=1S/C24H23N7/c1-3-6-21-25-22-16(2)13-14-31(24(22)26-21)15-17-9-11-18(12-10-17)19-7-4-5-8-20(19)23-27-29-30-28-23/h4-5,7-14H,3,6,15H2,1-2H3,(H,27,28,29,30). The van der Waals surface area contributed by atoms with Gasteiger partial charge in [0.05, 0.1) is 0 Å². The second kappa shape index (κ2) is 8.10. The van der Waals surface area contributed by atoms with Gasteiger partial charge < -0.3 is 4.57 Å². The van der Waals surface area contributed by atoms with E-state index >= 15 is 0 Å². The summed E-state index contributed by atoms with van der Waals surface area (Å²) < 4.78 is 2.18. The number of aromatic nitrogens is 7. The molecule has 3 heterocycles. The van der Waals surface area contributed by atoms with Gasteiger partial charge in [-0.1, -0.05) is 55.5 Å². The average Bonchev–Trinajstić information content (AvgIpc) is 3.47. The molecule has 2 aromatic carbocycles. The lowest BCUT2D eigenvalue weighted by molar-refractivity contribution is 0.777. The molecule has 7 nitrogen and oxygen atoms in total. The molecule has 0 unspecified atom stereocenters. The maximum Gasteiger partial charge on any atom is 0.180 e. The van der Waals surface area contributed by atoms with Crippen molar-refractivity contribution in [3.63, 3.8) is 0 Å². The number of aryl methyl sites for hydroxylation is 2. The SMILES string of the molecule is CCCc1nc2c(C)ccn(Cc3ccc(-c4ccccc4-c4nnn[nH]4)cc3)c-2n1. The summed E-state index contributed by atoms with van der Waals surface area (Å²) >= 11 is 0. The highest BCUT2D eigenvalue weighted by Gasteiger charge is 2.17. The lowest BCUT2D eigenvalue weighted by atomic mass is 9.98. The normalized spacial score (nSPS) is 11.3. The molecule has 0 fully saturated rings. The molecular weight excluding hydrogens is 386 g/mol. The molecule has 0 aliphatic carbocycles. The number of H-pyrrole nitrogens is 1. The number of rotatable bonds is 6. The van der Waals surface area contributed by atoms with Gasteiger partial charge >= 0.3 is 0 Å². The molecular formula is C24H23N7. The van der Waals surface area contributed by atoms with E-state index in [9.17, 15) is 0 Å². The Balaban J connectivity index is 1.44. The van der Waals surface area contributed by atoms with Gasteiger partial charge in [0, 0.05) is 24.7 Å². The van der Waals surface area contributed by atoms with Crippen molar-refractivity contribution >= 4 is 0 Å². The number of aromatic amines is 1. The predicted molar refractivity (Wildman–Crippen MR) is 120 cm³/mol. The molecule has 5 rings (SSSR count). The molecule has 31 heavy (non-hydrogen) atoms. The van der Waals surface area contributed by atoms with Crippen molar-refractivity contribution in [2.75, 3.05) is 0 Å². The van der Waals surface area contributed by atoms with Gasteiger partial charge in [-0.2, -0.15) is 0 Å². The molecule has 2 aliphatic rings. The molecule has 0 amide bonds. The highest BCUT2D eigenvalue weighted by Crippen LogP contribution is 2.30. The van der Waals surface area contributed by atoms with Crippen LogP contribution in [-0.2, 0) is 13.0 Å². The number of imidazole rings is 1. The number of nitrogens with zero attached hydrogens (tertiary/aromatic N) is 6. The Kier molecular flexibility index (Phi) is 5.00. The number of benzene rings is 2. The Labute approximate surface area is 180 Å². The van der Waals surface area contributed by atoms with Crippen LogP contribution in [0.1, 0.15) is 30.3 Å². The summed E-state index contributed by atoms with van der Waals surface area (Å²) in [6, 6.07) is 18.8. The fourth-order valence-corrected chi connectivity index (χ4v) is 3.86. The first kappa shape index (κ1) is 19.1. The van der Waals surface area contributed by atoms with E-state index < -0.39 is 0 Å². The van der Waals surface area contributed by atoms with Crippen LogP contribution in [0.4, 0.5) is 0 Å². The van der Waals surface area contributed by atoms with Crippen molar-refractivity contribution in [2.24, 2.45) is 0 Å². The monoisotopic (exact) mass is 409 g/mol. The Bertz CT molecular complexity index is 1270. The first-order valence-electron chi connectivity index (χ1n) is 10.5. The summed E-state index contributed by atoms with van der Waals surface area (Å²) in [5, 5.41) is 14.3. The molecule has 7 heteroatoms. The van der Waals surface area contributed by atoms with Crippen LogP contribution in [0.15, 0.2) is 60.8 Å². The zero-order valence-electron chi connectivity index (χ0n) is 17.6. The van der Waals surface area contributed by atoms with Crippen molar-refractivity contribution in [3.05, 3.63) is 77.7 Å². The zero-order chi connectivity index (χ0) is 21.2. The third-order valence-electron chi connectivity index (χ3n) is 5.46. The highest BCUT2D eigenvalue weighted by atomic mass is 15.5. The van der Waals surface area contributed by atoms with Crippen LogP contribution in [-0.4, -0.2) is 35.2 Å². The van der Waals surface area contributed by atoms with E-state index in [1.54, 1.807) is 0 Å². The molecule has 0 bridgehead atoms. The fraction of sp³-hybridized carbons (Fsp3) is 0.208.